The monoisotopic (exact) mass is 352 g/mol. The lowest BCUT2D eigenvalue weighted by Crippen LogP contribution is -2.49. The summed E-state index contributed by atoms with van der Waals surface area (Å²) in [6.07, 6.45) is 1.51. The molecular formula is C17H16N6O3. The van der Waals surface area contributed by atoms with Crippen molar-refractivity contribution in [3.8, 4) is 22.7 Å². The van der Waals surface area contributed by atoms with Gasteiger partial charge in [-0.3, -0.25) is 14.7 Å². The number of hydrogen-bond donors (Lipinski definition) is 4. The number of benzene rings is 1. The Morgan fingerprint density at radius 3 is 2.65 bits per heavy atom. The van der Waals surface area contributed by atoms with Gasteiger partial charge >= 0.3 is 0 Å². The molecule has 0 saturated carbocycles. The molecule has 4 rings (SSSR count). The highest BCUT2D eigenvalue weighted by molar-refractivity contribution is 6.28. The number of anilines is 1. The summed E-state index contributed by atoms with van der Waals surface area (Å²) in [7, 11) is 3.16. The van der Waals surface area contributed by atoms with Gasteiger partial charge in [-0.2, -0.15) is 5.10 Å². The van der Waals surface area contributed by atoms with Crippen LogP contribution in [0.15, 0.2) is 34.9 Å². The smallest absolute Gasteiger partial charge is 0.285 e. The van der Waals surface area contributed by atoms with Crippen molar-refractivity contribution >= 4 is 17.4 Å². The number of aromatic amines is 1. The maximum absolute atomic E-state index is 13.2. The first-order valence-electron chi connectivity index (χ1n) is 7.87. The summed E-state index contributed by atoms with van der Waals surface area (Å²) in [6, 6.07) is 6.74. The van der Waals surface area contributed by atoms with Crippen molar-refractivity contribution in [1.82, 2.24) is 26.2 Å². The number of hydrazine groups is 2. The molecule has 0 radical (unpaired) electrons. The van der Waals surface area contributed by atoms with Crippen molar-refractivity contribution in [3.05, 3.63) is 47.2 Å². The third kappa shape index (κ3) is 2.08. The maximum Gasteiger partial charge on any atom is 0.285 e. The molecule has 0 bridgehead atoms. The van der Waals surface area contributed by atoms with Gasteiger partial charge in [0.25, 0.3) is 5.91 Å². The molecule has 5 N–H and O–H groups in total. The number of nitrogens with two attached hydrogens (primary N) is 1. The summed E-state index contributed by atoms with van der Waals surface area (Å²) in [5.74, 6) is -0.294. The SMILES string of the molecule is CNN(NC)C(=O)c1c(N)ccc2c1C(=O)c1c-2n[nH]c1-c1ccco1. The number of ketones is 1. The second-order valence-corrected chi connectivity index (χ2v) is 5.67. The highest BCUT2D eigenvalue weighted by Gasteiger charge is 2.38. The first kappa shape index (κ1) is 16.1. The average molecular weight is 352 g/mol. The number of nitrogens with one attached hydrogen (secondary N) is 3. The number of carbonyl (C=O) groups is 2. The first-order chi connectivity index (χ1) is 12.6. The number of nitrogen functional groups attached to an aromatic ring is 1. The van der Waals surface area contributed by atoms with Gasteiger partial charge in [0, 0.05) is 30.9 Å². The standard InChI is InChI=1S/C17H16N6O3/c1-19-23(20-2)17(25)12-9(18)6-5-8-11(12)16(24)13-14(8)21-22-15(13)10-4-3-7-26-10/h3-7,19-20H,18H2,1-2H3,(H,21,22). The third-order valence-corrected chi connectivity index (χ3v) is 4.34. The van der Waals surface area contributed by atoms with Crippen molar-refractivity contribution in [2.45, 2.75) is 0 Å². The minimum Gasteiger partial charge on any atom is -0.463 e. The Morgan fingerprint density at radius 2 is 2.00 bits per heavy atom. The van der Waals surface area contributed by atoms with Crippen LogP contribution in [0, 0.1) is 0 Å². The van der Waals surface area contributed by atoms with Crippen molar-refractivity contribution in [2.24, 2.45) is 0 Å². The molecule has 0 saturated heterocycles. The first-order valence-corrected chi connectivity index (χ1v) is 7.87. The van der Waals surface area contributed by atoms with Gasteiger partial charge in [-0.1, -0.05) is 0 Å². The Kier molecular flexibility index (Phi) is 3.60. The van der Waals surface area contributed by atoms with Gasteiger partial charge < -0.3 is 10.2 Å². The third-order valence-electron chi connectivity index (χ3n) is 4.34. The van der Waals surface area contributed by atoms with Crippen molar-refractivity contribution < 1.29 is 14.0 Å². The molecule has 0 aliphatic heterocycles. The van der Waals surface area contributed by atoms with Gasteiger partial charge in [0.2, 0.25) is 0 Å². The van der Waals surface area contributed by atoms with Crippen molar-refractivity contribution in [1.29, 1.82) is 0 Å². The second kappa shape index (κ2) is 5.83. The Labute approximate surface area is 148 Å². The molecule has 3 aromatic rings. The normalized spacial score (nSPS) is 12.2. The van der Waals surface area contributed by atoms with Crippen LogP contribution in [0.4, 0.5) is 5.69 Å². The van der Waals surface area contributed by atoms with Crippen LogP contribution >= 0.6 is 0 Å². The van der Waals surface area contributed by atoms with Crippen LogP contribution in [-0.2, 0) is 0 Å². The molecule has 2 aromatic heterocycles. The molecule has 1 aliphatic rings. The van der Waals surface area contributed by atoms with Gasteiger partial charge in [-0.05, 0) is 24.3 Å². The van der Waals surface area contributed by atoms with Crippen molar-refractivity contribution in [3.63, 3.8) is 0 Å². The van der Waals surface area contributed by atoms with Crippen LogP contribution in [0.5, 0.6) is 0 Å². The lowest BCUT2D eigenvalue weighted by atomic mass is 9.98. The van der Waals surface area contributed by atoms with Crippen molar-refractivity contribution in [2.75, 3.05) is 19.8 Å². The number of fused-ring (bicyclic) bond motifs is 3. The summed E-state index contributed by atoms with van der Waals surface area (Å²) >= 11 is 0. The van der Waals surface area contributed by atoms with Crippen LogP contribution in [0.25, 0.3) is 22.7 Å². The van der Waals surface area contributed by atoms with E-state index in [0.717, 1.165) is 5.12 Å². The number of aromatic nitrogens is 2. The zero-order valence-electron chi connectivity index (χ0n) is 14.1. The predicted octanol–water partition coefficient (Wildman–Crippen LogP) is 1.17. The van der Waals surface area contributed by atoms with Gasteiger partial charge in [0.1, 0.15) is 11.4 Å². The number of nitrogens with zero attached hydrogens (tertiary/aromatic N) is 2. The number of rotatable bonds is 4. The molecule has 1 amide bonds. The quantitative estimate of drug-likeness (QED) is 0.320. The van der Waals surface area contributed by atoms with E-state index in [2.05, 4.69) is 21.0 Å². The molecule has 0 fully saturated rings. The molecule has 132 valence electrons. The number of furan rings is 1. The fourth-order valence-electron chi connectivity index (χ4n) is 3.19. The molecule has 0 unspecified atom stereocenters. The van der Waals surface area contributed by atoms with E-state index in [0.29, 0.717) is 28.3 Å². The Hall–Kier alpha value is -3.43. The summed E-state index contributed by atoms with van der Waals surface area (Å²) in [5.41, 5.74) is 13.9. The van der Waals surface area contributed by atoms with Gasteiger partial charge in [0.05, 0.1) is 17.4 Å². The van der Waals surface area contributed by atoms with Crippen LogP contribution < -0.4 is 16.6 Å². The highest BCUT2D eigenvalue weighted by atomic mass is 16.3. The van der Waals surface area contributed by atoms with E-state index in [1.165, 1.54) is 6.26 Å². The average Bonchev–Trinajstić information content (AvgIpc) is 3.35. The fraction of sp³-hybridized carbons (Fsp3) is 0.118. The van der Waals surface area contributed by atoms with E-state index in [4.69, 9.17) is 10.2 Å². The summed E-state index contributed by atoms with van der Waals surface area (Å²) in [5, 5.41) is 8.25. The van der Waals surface area contributed by atoms with E-state index in [1.54, 1.807) is 38.4 Å². The largest absolute Gasteiger partial charge is 0.463 e. The molecule has 1 aromatic carbocycles. The highest BCUT2D eigenvalue weighted by Crippen LogP contribution is 2.42. The van der Waals surface area contributed by atoms with Crippen LogP contribution in [0.3, 0.4) is 0 Å². The topological polar surface area (TPSA) is 129 Å². The molecule has 26 heavy (non-hydrogen) atoms. The van der Waals surface area contributed by atoms with Crippen LogP contribution in [-0.4, -0.2) is 41.1 Å². The summed E-state index contributed by atoms with van der Waals surface area (Å²) in [6.45, 7) is 0. The fourth-order valence-corrected chi connectivity index (χ4v) is 3.19. The minimum absolute atomic E-state index is 0.125. The Balaban J connectivity index is 1.91. The van der Waals surface area contributed by atoms with E-state index in [-0.39, 0.29) is 22.6 Å². The minimum atomic E-state index is -0.466. The second-order valence-electron chi connectivity index (χ2n) is 5.67. The number of carbonyl (C=O) groups excluding carboxylic acids is 2. The summed E-state index contributed by atoms with van der Waals surface area (Å²) < 4.78 is 5.38. The number of amides is 1. The molecular weight excluding hydrogens is 336 g/mol. The van der Waals surface area contributed by atoms with E-state index in [9.17, 15) is 9.59 Å². The Bertz CT molecular complexity index is 1020. The number of H-pyrrole nitrogens is 1. The molecule has 0 spiro atoms. The van der Waals surface area contributed by atoms with E-state index in [1.807, 2.05) is 0 Å². The van der Waals surface area contributed by atoms with E-state index < -0.39 is 5.91 Å². The molecule has 0 atom stereocenters. The zero-order valence-corrected chi connectivity index (χ0v) is 14.1. The van der Waals surface area contributed by atoms with E-state index >= 15 is 0 Å². The lowest BCUT2D eigenvalue weighted by molar-refractivity contribution is 0.0576. The van der Waals surface area contributed by atoms with Gasteiger partial charge in [0.15, 0.2) is 11.5 Å². The summed E-state index contributed by atoms with van der Waals surface area (Å²) in [4.78, 5) is 26.0. The zero-order chi connectivity index (χ0) is 18.4. The van der Waals surface area contributed by atoms with Gasteiger partial charge in [-0.15, -0.1) is 0 Å². The molecule has 9 heteroatoms. The molecule has 9 nitrogen and oxygen atoms in total. The number of hydrogen-bond acceptors (Lipinski definition) is 7. The van der Waals surface area contributed by atoms with Gasteiger partial charge in [-0.25, -0.2) is 16.0 Å². The predicted molar refractivity (Wildman–Crippen MR) is 93.9 cm³/mol. The molecule has 2 heterocycles. The Morgan fingerprint density at radius 1 is 1.23 bits per heavy atom. The van der Waals surface area contributed by atoms with Crippen LogP contribution in [0.1, 0.15) is 26.3 Å². The lowest BCUT2D eigenvalue weighted by Gasteiger charge is -2.21. The van der Waals surface area contributed by atoms with Crippen LogP contribution in [0.2, 0.25) is 0 Å². The maximum atomic E-state index is 13.2. The molecule has 1 aliphatic carbocycles.